The van der Waals surface area contributed by atoms with Gasteiger partial charge in [-0.05, 0) is 44.0 Å². The summed E-state index contributed by atoms with van der Waals surface area (Å²) in [4.78, 5) is 20.9. The van der Waals surface area contributed by atoms with Gasteiger partial charge in [-0.1, -0.05) is 0 Å². The van der Waals surface area contributed by atoms with E-state index in [0.717, 1.165) is 18.2 Å². The maximum Gasteiger partial charge on any atom is 0.337 e. The van der Waals surface area contributed by atoms with Gasteiger partial charge in [-0.2, -0.15) is 10.2 Å². The van der Waals surface area contributed by atoms with Crippen LogP contribution in [-0.4, -0.2) is 47.4 Å². The Kier molecular flexibility index (Phi) is 5.73. The molecular weight excluding hydrogens is 398 g/mol. The van der Waals surface area contributed by atoms with Crippen LogP contribution >= 0.6 is 0 Å². The van der Waals surface area contributed by atoms with Gasteiger partial charge in [-0.25, -0.2) is 9.78 Å². The molecule has 1 aliphatic carbocycles. The first kappa shape index (κ1) is 20.6. The predicted octanol–water partition coefficient (Wildman–Crippen LogP) is 3.58. The standard InChI is InChI=1S/C22H23N5O4/c1-13(12-29-2)27-16(10-23)8-15-11-24-22(26-20(15)27)25-18-7-4-14(21(28)30-3)9-19(18)31-17-5-6-17/h4,7-9,11,13,17H,5-6,12H2,1-3H3,(H,24,25,26)/t13-/m0/s1. The number of aromatic nitrogens is 3. The molecular formula is C22H23N5O4. The highest BCUT2D eigenvalue weighted by atomic mass is 16.5. The Hall–Kier alpha value is -3.64. The second-order valence-corrected chi connectivity index (χ2v) is 7.43. The van der Waals surface area contributed by atoms with Crippen LogP contribution in [0.4, 0.5) is 11.6 Å². The average Bonchev–Trinajstić information content (AvgIpc) is 3.51. The summed E-state index contributed by atoms with van der Waals surface area (Å²) in [7, 11) is 2.96. The number of fused-ring (bicyclic) bond motifs is 1. The summed E-state index contributed by atoms with van der Waals surface area (Å²) >= 11 is 0. The van der Waals surface area contributed by atoms with Crippen molar-refractivity contribution in [2.75, 3.05) is 26.1 Å². The quantitative estimate of drug-likeness (QED) is 0.550. The van der Waals surface area contributed by atoms with Crippen molar-refractivity contribution in [1.29, 1.82) is 5.26 Å². The topological polar surface area (TPSA) is 111 Å². The second-order valence-electron chi connectivity index (χ2n) is 7.43. The first-order valence-electron chi connectivity index (χ1n) is 9.97. The van der Waals surface area contributed by atoms with Crippen molar-refractivity contribution in [2.24, 2.45) is 0 Å². The van der Waals surface area contributed by atoms with Gasteiger partial charge in [0.25, 0.3) is 0 Å². The van der Waals surface area contributed by atoms with Crippen LogP contribution < -0.4 is 10.1 Å². The third kappa shape index (κ3) is 4.29. The van der Waals surface area contributed by atoms with Gasteiger partial charge in [0.15, 0.2) is 0 Å². The van der Waals surface area contributed by atoms with E-state index < -0.39 is 5.97 Å². The van der Waals surface area contributed by atoms with Crippen molar-refractivity contribution < 1.29 is 19.0 Å². The van der Waals surface area contributed by atoms with E-state index in [-0.39, 0.29) is 12.1 Å². The van der Waals surface area contributed by atoms with E-state index in [1.54, 1.807) is 37.6 Å². The fourth-order valence-corrected chi connectivity index (χ4v) is 3.37. The lowest BCUT2D eigenvalue weighted by molar-refractivity contribution is 0.0600. The molecule has 3 aromatic rings. The number of carbonyl (C=O) groups is 1. The van der Waals surface area contributed by atoms with E-state index in [2.05, 4.69) is 21.4 Å². The van der Waals surface area contributed by atoms with Gasteiger partial charge in [0, 0.05) is 18.7 Å². The van der Waals surface area contributed by atoms with Gasteiger partial charge >= 0.3 is 5.97 Å². The molecule has 1 aliphatic rings. The van der Waals surface area contributed by atoms with Crippen LogP contribution in [0, 0.1) is 11.3 Å². The molecule has 2 heterocycles. The number of rotatable bonds is 8. The summed E-state index contributed by atoms with van der Waals surface area (Å²) in [5.74, 6) is 0.459. The predicted molar refractivity (Wildman–Crippen MR) is 114 cm³/mol. The third-order valence-electron chi connectivity index (χ3n) is 5.01. The van der Waals surface area contributed by atoms with Gasteiger partial charge in [0.05, 0.1) is 37.1 Å². The Morgan fingerprint density at radius 3 is 2.84 bits per heavy atom. The fraction of sp³-hybridized carbons (Fsp3) is 0.364. The molecule has 0 spiro atoms. The average molecular weight is 421 g/mol. The van der Waals surface area contributed by atoms with Crippen LogP contribution in [-0.2, 0) is 9.47 Å². The van der Waals surface area contributed by atoms with E-state index in [1.807, 2.05) is 11.5 Å². The summed E-state index contributed by atoms with van der Waals surface area (Å²) in [6.45, 7) is 2.41. The first-order chi connectivity index (χ1) is 15.0. The molecule has 1 saturated carbocycles. The molecule has 0 saturated heterocycles. The molecule has 31 heavy (non-hydrogen) atoms. The maximum atomic E-state index is 11.9. The van der Waals surface area contributed by atoms with E-state index in [1.165, 1.54) is 7.11 Å². The Morgan fingerprint density at radius 1 is 1.35 bits per heavy atom. The van der Waals surface area contributed by atoms with Crippen molar-refractivity contribution in [2.45, 2.75) is 31.9 Å². The lowest BCUT2D eigenvalue weighted by Gasteiger charge is -2.16. The number of ether oxygens (including phenoxy) is 3. The first-order valence-corrected chi connectivity index (χ1v) is 9.97. The summed E-state index contributed by atoms with van der Waals surface area (Å²) in [5, 5.41) is 13.5. The van der Waals surface area contributed by atoms with Gasteiger partial charge in [-0.15, -0.1) is 0 Å². The number of nitriles is 1. The number of hydrogen-bond acceptors (Lipinski definition) is 8. The monoisotopic (exact) mass is 421 g/mol. The zero-order valence-corrected chi connectivity index (χ0v) is 17.6. The minimum atomic E-state index is -0.432. The van der Waals surface area contributed by atoms with Crippen LogP contribution in [0.2, 0.25) is 0 Å². The highest BCUT2D eigenvalue weighted by Gasteiger charge is 2.25. The molecule has 9 heteroatoms. The zero-order valence-electron chi connectivity index (χ0n) is 17.6. The van der Waals surface area contributed by atoms with Gasteiger partial charge in [0.2, 0.25) is 5.95 Å². The largest absolute Gasteiger partial charge is 0.488 e. The summed E-state index contributed by atoms with van der Waals surface area (Å²) < 4.78 is 17.9. The second kappa shape index (κ2) is 8.62. The molecule has 9 nitrogen and oxygen atoms in total. The van der Waals surface area contributed by atoms with Crippen molar-refractivity contribution in [1.82, 2.24) is 14.5 Å². The Balaban J connectivity index is 1.70. The molecule has 2 aromatic heterocycles. The lowest BCUT2D eigenvalue weighted by Crippen LogP contribution is -2.13. The molecule has 4 rings (SSSR count). The van der Waals surface area contributed by atoms with E-state index in [4.69, 9.17) is 14.2 Å². The number of nitrogens with one attached hydrogen (secondary N) is 1. The number of nitrogens with zero attached hydrogens (tertiary/aromatic N) is 4. The van der Waals surface area contributed by atoms with Crippen molar-refractivity contribution in [3.8, 4) is 11.8 Å². The molecule has 0 radical (unpaired) electrons. The third-order valence-corrected chi connectivity index (χ3v) is 5.01. The number of anilines is 2. The lowest BCUT2D eigenvalue weighted by atomic mass is 10.2. The molecule has 1 fully saturated rings. The molecule has 0 amide bonds. The van der Waals surface area contributed by atoms with E-state index >= 15 is 0 Å². The summed E-state index contributed by atoms with van der Waals surface area (Å²) in [5.41, 5.74) is 2.17. The van der Waals surface area contributed by atoms with Gasteiger partial charge in [0.1, 0.15) is 23.2 Å². The smallest absolute Gasteiger partial charge is 0.337 e. The van der Waals surface area contributed by atoms with E-state index in [9.17, 15) is 10.1 Å². The fourth-order valence-electron chi connectivity index (χ4n) is 3.37. The Labute approximate surface area is 179 Å². The van der Waals surface area contributed by atoms with Crippen LogP contribution in [0.15, 0.2) is 30.5 Å². The van der Waals surface area contributed by atoms with Crippen LogP contribution in [0.25, 0.3) is 11.0 Å². The Morgan fingerprint density at radius 2 is 2.16 bits per heavy atom. The molecule has 0 aliphatic heterocycles. The highest BCUT2D eigenvalue weighted by molar-refractivity contribution is 5.91. The van der Waals surface area contributed by atoms with Gasteiger partial charge in [-0.3, -0.25) is 0 Å². The van der Waals surface area contributed by atoms with Crippen molar-refractivity contribution in [3.63, 3.8) is 0 Å². The number of esters is 1. The van der Waals surface area contributed by atoms with Gasteiger partial charge < -0.3 is 24.1 Å². The normalized spacial score (nSPS) is 14.1. The molecule has 0 bridgehead atoms. The maximum absolute atomic E-state index is 11.9. The van der Waals surface area contributed by atoms with Crippen molar-refractivity contribution >= 4 is 28.6 Å². The Bertz CT molecular complexity index is 1160. The van der Waals surface area contributed by atoms with Crippen LogP contribution in [0.1, 0.15) is 41.9 Å². The minimum Gasteiger partial charge on any atom is -0.488 e. The van der Waals surface area contributed by atoms with E-state index in [0.29, 0.717) is 40.9 Å². The molecule has 1 N–H and O–H groups in total. The zero-order chi connectivity index (χ0) is 22.0. The number of benzene rings is 1. The van der Waals surface area contributed by atoms with Crippen molar-refractivity contribution in [3.05, 3.63) is 41.7 Å². The number of carbonyl (C=O) groups excluding carboxylic acids is 1. The highest BCUT2D eigenvalue weighted by Crippen LogP contribution is 2.34. The van der Waals surface area contributed by atoms with Crippen LogP contribution in [0.5, 0.6) is 5.75 Å². The summed E-state index contributed by atoms with van der Waals surface area (Å²) in [6.07, 6.45) is 3.77. The molecule has 160 valence electrons. The minimum absolute atomic E-state index is 0.0759. The van der Waals surface area contributed by atoms with Crippen LogP contribution in [0.3, 0.4) is 0 Å². The molecule has 0 unspecified atom stereocenters. The SMILES string of the molecule is COC[C@H](C)n1c(C#N)cc2cnc(Nc3ccc(C(=O)OC)cc3OC3CC3)nc21. The summed E-state index contributed by atoms with van der Waals surface area (Å²) in [6, 6.07) is 8.95. The molecule has 1 atom stereocenters. The number of methoxy groups -OCH3 is 2. The molecule has 1 aromatic carbocycles. The number of hydrogen-bond donors (Lipinski definition) is 1.